The highest BCUT2D eigenvalue weighted by Gasteiger charge is 2.13. The van der Waals surface area contributed by atoms with Crippen molar-refractivity contribution in [1.29, 1.82) is 0 Å². The van der Waals surface area contributed by atoms with E-state index in [0.717, 1.165) is 12.8 Å². The second kappa shape index (κ2) is 14.9. The number of aliphatic hydroxyl groups is 1. The zero-order valence-electron chi connectivity index (χ0n) is 16.9. The fraction of sp³-hybridized carbons (Fsp3) is 0.667. The molecule has 1 aromatic rings. The largest absolute Gasteiger partial charge is 0.396 e. The zero-order chi connectivity index (χ0) is 20.1. The molecule has 4 N–H and O–H groups in total. The average molecular weight is 527 g/mol. The van der Waals surface area contributed by atoms with Crippen LogP contribution in [0.2, 0.25) is 0 Å². The standard InChI is InChI=1S/C18H33N5O3S.HI/c1-4-20-18(22-13-16(7-11-24)12-15(2)3)21-9-10-23-27(25,26)17-6-5-8-19-14-17;/h5-6,8,14-16,23-24H,4,7,9-13H2,1-3H3,(H2,20,21,22);1H. The predicted molar refractivity (Wildman–Crippen MR) is 123 cm³/mol. The lowest BCUT2D eigenvalue weighted by Gasteiger charge is -2.17. The molecule has 1 atom stereocenters. The topological polar surface area (TPSA) is 116 Å². The number of hydrogen-bond donors (Lipinski definition) is 4. The number of hydrogen-bond acceptors (Lipinski definition) is 5. The molecule has 1 aromatic heterocycles. The number of aromatic nitrogens is 1. The van der Waals surface area contributed by atoms with Gasteiger partial charge in [0.2, 0.25) is 10.0 Å². The van der Waals surface area contributed by atoms with Crippen LogP contribution in [0.1, 0.15) is 33.6 Å². The van der Waals surface area contributed by atoms with Gasteiger partial charge in [-0.25, -0.2) is 13.1 Å². The minimum atomic E-state index is -3.56. The van der Waals surface area contributed by atoms with Crippen LogP contribution in [0.4, 0.5) is 0 Å². The maximum atomic E-state index is 12.1. The van der Waals surface area contributed by atoms with Gasteiger partial charge < -0.3 is 15.7 Å². The monoisotopic (exact) mass is 527 g/mol. The first-order valence-electron chi connectivity index (χ1n) is 9.41. The second-order valence-electron chi connectivity index (χ2n) is 6.74. The number of nitrogens with zero attached hydrogens (tertiary/aromatic N) is 2. The van der Waals surface area contributed by atoms with E-state index in [2.05, 4.69) is 39.2 Å². The summed E-state index contributed by atoms with van der Waals surface area (Å²) in [6.45, 7) is 8.41. The van der Waals surface area contributed by atoms with Crippen LogP contribution in [0.3, 0.4) is 0 Å². The minimum absolute atomic E-state index is 0. The lowest BCUT2D eigenvalue weighted by Crippen LogP contribution is -2.41. The summed E-state index contributed by atoms with van der Waals surface area (Å²) in [6, 6.07) is 3.09. The highest BCUT2D eigenvalue weighted by Crippen LogP contribution is 2.15. The summed E-state index contributed by atoms with van der Waals surface area (Å²) in [7, 11) is -3.56. The molecule has 0 bridgehead atoms. The number of nitrogens with one attached hydrogen (secondary N) is 3. The number of sulfonamides is 1. The van der Waals surface area contributed by atoms with Gasteiger partial charge in [-0.15, -0.1) is 24.0 Å². The Bertz CT molecular complexity index is 656. The van der Waals surface area contributed by atoms with Gasteiger partial charge in [0.1, 0.15) is 4.90 Å². The Balaban J connectivity index is 0.00000729. The Morgan fingerprint density at radius 3 is 2.61 bits per heavy atom. The number of halogens is 1. The van der Waals surface area contributed by atoms with E-state index in [1.165, 1.54) is 18.5 Å². The van der Waals surface area contributed by atoms with Crippen LogP contribution in [0.25, 0.3) is 0 Å². The van der Waals surface area contributed by atoms with Gasteiger partial charge in [-0.2, -0.15) is 0 Å². The van der Waals surface area contributed by atoms with Crippen LogP contribution in [0.5, 0.6) is 0 Å². The molecule has 0 aliphatic heterocycles. The molecule has 0 amide bonds. The third-order valence-corrected chi connectivity index (χ3v) is 5.29. The van der Waals surface area contributed by atoms with Gasteiger partial charge in [0.05, 0.1) is 0 Å². The summed E-state index contributed by atoms with van der Waals surface area (Å²) in [6.07, 6.45) is 4.58. The zero-order valence-corrected chi connectivity index (χ0v) is 20.0. The van der Waals surface area contributed by atoms with Crippen LogP contribution in [-0.4, -0.2) is 57.3 Å². The SMILES string of the molecule is CCNC(=NCC(CCO)CC(C)C)NCCNS(=O)(=O)c1cccnc1.I. The van der Waals surface area contributed by atoms with E-state index in [0.29, 0.717) is 37.4 Å². The summed E-state index contributed by atoms with van der Waals surface area (Å²) in [5.74, 6) is 1.52. The van der Waals surface area contributed by atoms with Crippen molar-refractivity contribution in [3.8, 4) is 0 Å². The fourth-order valence-corrected chi connectivity index (χ4v) is 3.65. The van der Waals surface area contributed by atoms with Crippen LogP contribution in [0.15, 0.2) is 34.4 Å². The summed E-state index contributed by atoms with van der Waals surface area (Å²) in [5, 5.41) is 15.5. The first-order valence-corrected chi connectivity index (χ1v) is 10.9. The van der Waals surface area contributed by atoms with E-state index < -0.39 is 10.0 Å². The molecule has 0 spiro atoms. The molecular formula is C18H34IN5O3S. The van der Waals surface area contributed by atoms with Crippen molar-refractivity contribution >= 4 is 40.0 Å². The Hall–Kier alpha value is -0.980. The Kier molecular flexibility index (Phi) is 14.4. The van der Waals surface area contributed by atoms with Gasteiger partial charge in [-0.05, 0) is 43.7 Å². The van der Waals surface area contributed by atoms with Crippen molar-refractivity contribution < 1.29 is 13.5 Å². The molecule has 10 heteroatoms. The van der Waals surface area contributed by atoms with Crippen molar-refractivity contribution in [2.45, 2.75) is 38.5 Å². The fourth-order valence-electron chi connectivity index (χ4n) is 2.65. The maximum absolute atomic E-state index is 12.1. The van der Waals surface area contributed by atoms with Crippen LogP contribution in [-0.2, 0) is 10.0 Å². The normalized spacial score (nSPS) is 13.1. The van der Waals surface area contributed by atoms with Gasteiger partial charge in [0, 0.05) is 45.2 Å². The van der Waals surface area contributed by atoms with Gasteiger partial charge in [0.25, 0.3) is 0 Å². The van der Waals surface area contributed by atoms with E-state index in [4.69, 9.17) is 0 Å². The summed E-state index contributed by atoms with van der Waals surface area (Å²) >= 11 is 0. The van der Waals surface area contributed by atoms with Crippen molar-refractivity contribution in [2.24, 2.45) is 16.8 Å². The molecule has 1 heterocycles. The van der Waals surface area contributed by atoms with Crippen molar-refractivity contribution in [3.63, 3.8) is 0 Å². The molecule has 0 saturated carbocycles. The molecule has 0 radical (unpaired) electrons. The quantitative estimate of drug-likeness (QED) is 0.142. The highest BCUT2D eigenvalue weighted by atomic mass is 127. The van der Waals surface area contributed by atoms with E-state index >= 15 is 0 Å². The van der Waals surface area contributed by atoms with E-state index in [9.17, 15) is 13.5 Å². The van der Waals surface area contributed by atoms with Crippen molar-refractivity contribution in [1.82, 2.24) is 20.3 Å². The number of aliphatic hydroxyl groups excluding tert-OH is 1. The third kappa shape index (κ3) is 11.1. The molecule has 1 rings (SSSR count). The number of pyridine rings is 1. The number of rotatable bonds is 12. The summed E-state index contributed by atoms with van der Waals surface area (Å²) < 4.78 is 26.8. The van der Waals surface area contributed by atoms with E-state index in [1.54, 1.807) is 6.07 Å². The summed E-state index contributed by atoms with van der Waals surface area (Å²) in [5.41, 5.74) is 0. The molecular weight excluding hydrogens is 493 g/mol. The lowest BCUT2D eigenvalue weighted by atomic mass is 9.94. The predicted octanol–water partition coefficient (Wildman–Crippen LogP) is 1.58. The molecule has 0 aliphatic rings. The van der Waals surface area contributed by atoms with Gasteiger partial charge in [-0.3, -0.25) is 9.98 Å². The minimum Gasteiger partial charge on any atom is -0.396 e. The molecule has 0 aromatic carbocycles. The Labute approximate surface area is 186 Å². The van der Waals surface area contributed by atoms with Gasteiger partial charge >= 0.3 is 0 Å². The maximum Gasteiger partial charge on any atom is 0.242 e. The number of guanidine groups is 1. The highest BCUT2D eigenvalue weighted by molar-refractivity contribution is 14.0. The first kappa shape index (κ1) is 27.0. The molecule has 28 heavy (non-hydrogen) atoms. The van der Waals surface area contributed by atoms with Gasteiger partial charge in [-0.1, -0.05) is 13.8 Å². The molecule has 0 fully saturated rings. The smallest absolute Gasteiger partial charge is 0.242 e. The van der Waals surface area contributed by atoms with Crippen molar-refractivity contribution in [3.05, 3.63) is 24.5 Å². The van der Waals surface area contributed by atoms with Gasteiger partial charge in [0.15, 0.2) is 5.96 Å². The molecule has 162 valence electrons. The number of aliphatic imine (C=N–C) groups is 1. The molecule has 8 nitrogen and oxygen atoms in total. The van der Waals surface area contributed by atoms with Crippen LogP contribution >= 0.6 is 24.0 Å². The molecule has 1 unspecified atom stereocenters. The first-order chi connectivity index (χ1) is 12.9. The lowest BCUT2D eigenvalue weighted by molar-refractivity contribution is 0.245. The molecule has 0 saturated heterocycles. The Morgan fingerprint density at radius 2 is 2.04 bits per heavy atom. The van der Waals surface area contributed by atoms with E-state index in [1.807, 2.05) is 6.92 Å². The Morgan fingerprint density at radius 1 is 1.29 bits per heavy atom. The van der Waals surface area contributed by atoms with E-state index in [-0.39, 0.29) is 42.0 Å². The summed E-state index contributed by atoms with van der Waals surface area (Å²) in [4.78, 5) is 8.54. The third-order valence-electron chi connectivity index (χ3n) is 3.85. The second-order valence-corrected chi connectivity index (χ2v) is 8.51. The van der Waals surface area contributed by atoms with Crippen molar-refractivity contribution in [2.75, 3.05) is 32.8 Å². The van der Waals surface area contributed by atoms with Crippen LogP contribution in [0, 0.1) is 11.8 Å². The van der Waals surface area contributed by atoms with Crippen LogP contribution < -0.4 is 15.4 Å². The molecule has 0 aliphatic carbocycles. The average Bonchev–Trinajstić information content (AvgIpc) is 2.63.